The minimum absolute atomic E-state index is 0.503. The number of hydrogen-bond donors (Lipinski definition) is 2. The van der Waals surface area contributed by atoms with E-state index in [4.69, 9.17) is 5.73 Å². The third kappa shape index (κ3) is 1.99. The van der Waals surface area contributed by atoms with E-state index in [1.165, 1.54) is 5.56 Å². The number of nitrogen functional groups attached to an aromatic ring is 1. The van der Waals surface area contributed by atoms with Gasteiger partial charge in [0.2, 0.25) is 0 Å². The van der Waals surface area contributed by atoms with Gasteiger partial charge in [-0.1, -0.05) is 29.8 Å². The molecule has 0 saturated carbocycles. The average Bonchev–Trinajstić information content (AvgIpc) is 2.97. The first-order valence-corrected chi connectivity index (χ1v) is 6.05. The van der Waals surface area contributed by atoms with Gasteiger partial charge in [-0.15, -0.1) is 0 Å². The van der Waals surface area contributed by atoms with Crippen LogP contribution in [0.1, 0.15) is 5.56 Å². The highest BCUT2D eigenvalue weighted by Gasteiger charge is 2.15. The van der Waals surface area contributed by atoms with Gasteiger partial charge in [0.15, 0.2) is 5.82 Å². The number of hydrogen-bond acceptors (Lipinski definition) is 3. The van der Waals surface area contributed by atoms with E-state index in [9.17, 15) is 0 Å². The van der Waals surface area contributed by atoms with Crippen LogP contribution in [0.5, 0.6) is 0 Å². The maximum absolute atomic E-state index is 5.99. The van der Waals surface area contributed by atoms with Crippen LogP contribution in [0.25, 0.3) is 22.4 Å². The summed E-state index contributed by atoms with van der Waals surface area (Å²) in [6.45, 7) is 2.06. The lowest BCUT2D eigenvalue weighted by Gasteiger charge is -2.03. The van der Waals surface area contributed by atoms with Gasteiger partial charge < -0.3 is 5.73 Å². The van der Waals surface area contributed by atoms with Crippen LogP contribution >= 0.6 is 0 Å². The SMILES string of the molecule is Cc1ccc(-c2c(N)n[nH]c2-c2cnn(C)c2)cc1. The van der Waals surface area contributed by atoms with Crippen LogP contribution in [0.2, 0.25) is 0 Å². The van der Waals surface area contributed by atoms with Crippen molar-refractivity contribution in [2.75, 3.05) is 5.73 Å². The molecule has 3 rings (SSSR count). The quantitative estimate of drug-likeness (QED) is 0.736. The molecule has 0 radical (unpaired) electrons. The minimum Gasteiger partial charge on any atom is -0.382 e. The van der Waals surface area contributed by atoms with E-state index in [2.05, 4.69) is 46.5 Å². The van der Waals surface area contributed by atoms with Crippen LogP contribution in [0.3, 0.4) is 0 Å². The second-order valence-electron chi connectivity index (χ2n) is 4.63. The smallest absolute Gasteiger partial charge is 0.153 e. The first kappa shape index (κ1) is 11.5. The number of rotatable bonds is 2. The van der Waals surface area contributed by atoms with Crippen molar-refractivity contribution < 1.29 is 0 Å². The molecule has 0 spiro atoms. The molecule has 19 heavy (non-hydrogen) atoms. The number of aromatic amines is 1. The minimum atomic E-state index is 0.503. The first-order valence-electron chi connectivity index (χ1n) is 6.05. The molecule has 0 unspecified atom stereocenters. The van der Waals surface area contributed by atoms with Crippen molar-refractivity contribution in [3.8, 4) is 22.4 Å². The summed E-state index contributed by atoms with van der Waals surface area (Å²) in [6, 6.07) is 8.23. The van der Waals surface area contributed by atoms with Crippen molar-refractivity contribution >= 4 is 5.82 Å². The molecule has 5 heteroatoms. The van der Waals surface area contributed by atoms with E-state index >= 15 is 0 Å². The molecule has 2 heterocycles. The Bertz CT molecular complexity index is 706. The molecule has 0 aliphatic heterocycles. The highest BCUT2D eigenvalue weighted by molar-refractivity contribution is 5.87. The number of nitrogens with one attached hydrogen (secondary N) is 1. The predicted octanol–water partition coefficient (Wildman–Crippen LogP) is 2.37. The van der Waals surface area contributed by atoms with Crippen LogP contribution in [-0.4, -0.2) is 20.0 Å². The molecule has 3 N–H and O–H groups in total. The predicted molar refractivity (Wildman–Crippen MR) is 75.4 cm³/mol. The number of nitrogens with two attached hydrogens (primary N) is 1. The first-order chi connectivity index (χ1) is 9.15. The molecule has 96 valence electrons. The summed E-state index contributed by atoms with van der Waals surface area (Å²) >= 11 is 0. The fraction of sp³-hybridized carbons (Fsp3) is 0.143. The Labute approximate surface area is 111 Å². The fourth-order valence-electron chi connectivity index (χ4n) is 2.13. The molecule has 0 fully saturated rings. The van der Waals surface area contributed by atoms with Crippen molar-refractivity contribution in [2.45, 2.75) is 6.92 Å². The Morgan fingerprint density at radius 2 is 1.89 bits per heavy atom. The highest BCUT2D eigenvalue weighted by atomic mass is 15.2. The van der Waals surface area contributed by atoms with Crippen LogP contribution in [0.15, 0.2) is 36.7 Å². The molecular formula is C14H15N5. The van der Waals surface area contributed by atoms with E-state index in [0.29, 0.717) is 5.82 Å². The molecule has 0 atom stereocenters. The average molecular weight is 253 g/mol. The lowest BCUT2D eigenvalue weighted by Crippen LogP contribution is -1.88. The van der Waals surface area contributed by atoms with E-state index in [1.807, 2.05) is 13.2 Å². The third-order valence-electron chi connectivity index (χ3n) is 3.13. The van der Waals surface area contributed by atoms with Gasteiger partial charge >= 0.3 is 0 Å². The fourth-order valence-corrected chi connectivity index (χ4v) is 2.13. The zero-order valence-corrected chi connectivity index (χ0v) is 10.9. The van der Waals surface area contributed by atoms with Gasteiger partial charge in [-0.05, 0) is 12.5 Å². The number of benzene rings is 1. The zero-order chi connectivity index (χ0) is 13.4. The van der Waals surface area contributed by atoms with Crippen molar-refractivity contribution in [3.05, 3.63) is 42.2 Å². The number of aromatic nitrogens is 4. The zero-order valence-electron chi connectivity index (χ0n) is 10.9. The summed E-state index contributed by atoms with van der Waals surface area (Å²) < 4.78 is 1.76. The molecular weight excluding hydrogens is 238 g/mol. The number of aryl methyl sites for hydroxylation is 2. The van der Waals surface area contributed by atoms with E-state index in [-0.39, 0.29) is 0 Å². The molecule has 1 aromatic carbocycles. The van der Waals surface area contributed by atoms with Crippen molar-refractivity contribution in [1.82, 2.24) is 20.0 Å². The van der Waals surface area contributed by atoms with Gasteiger partial charge in [-0.25, -0.2) is 0 Å². The topological polar surface area (TPSA) is 72.5 Å². The molecule has 0 aliphatic carbocycles. The summed E-state index contributed by atoms with van der Waals surface area (Å²) in [5.41, 5.74) is 11.1. The largest absolute Gasteiger partial charge is 0.382 e. The van der Waals surface area contributed by atoms with E-state index < -0.39 is 0 Å². The number of H-pyrrole nitrogens is 1. The molecule has 5 nitrogen and oxygen atoms in total. The van der Waals surface area contributed by atoms with E-state index in [1.54, 1.807) is 10.9 Å². The van der Waals surface area contributed by atoms with Gasteiger partial charge in [0.1, 0.15) is 0 Å². The Morgan fingerprint density at radius 1 is 1.16 bits per heavy atom. The monoisotopic (exact) mass is 253 g/mol. The van der Waals surface area contributed by atoms with Gasteiger partial charge in [0, 0.05) is 18.8 Å². The van der Waals surface area contributed by atoms with Crippen molar-refractivity contribution in [2.24, 2.45) is 7.05 Å². The third-order valence-corrected chi connectivity index (χ3v) is 3.13. The van der Waals surface area contributed by atoms with E-state index in [0.717, 1.165) is 22.4 Å². The Balaban J connectivity index is 2.16. The van der Waals surface area contributed by atoms with Gasteiger partial charge in [0.05, 0.1) is 17.5 Å². The van der Waals surface area contributed by atoms with Crippen LogP contribution in [0, 0.1) is 6.92 Å². The Morgan fingerprint density at radius 3 is 2.53 bits per heavy atom. The maximum Gasteiger partial charge on any atom is 0.153 e. The number of nitrogens with zero attached hydrogens (tertiary/aromatic N) is 3. The Kier molecular flexibility index (Phi) is 2.59. The van der Waals surface area contributed by atoms with Crippen LogP contribution in [-0.2, 0) is 7.05 Å². The molecule has 0 bridgehead atoms. The standard InChI is InChI=1S/C14H15N5/c1-9-3-5-10(6-4-9)12-13(17-18-14(12)15)11-7-16-19(2)8-11/h3-8H,1-2H3,(H3,15,17,18). The Hall–Kier alpha value is -2.56. The van der Waals surface area contributed by atoms with Crippen molar-refractivity contribution in [3.63, 3.8) is 0 Å². The molecule has 0 amide bonds. The molecule has 0 aliphatic rings. The van der Waals surface area contributed by atoms with Gasteiger partial charge in [-0.3, -0.25) is 9.78 Å². The summed E-state index contributed by atoms with van der Waals surface area (Å²) in [4.78, 5) is 0. The van der Waals surface area contributed by atoms with Gasteiger partial charge in [-0.2, -0.15) is 10.2 Å². The number of anilines is 1. The molecule has 2 aromatic heterocycles. The maximum atomic E-state index is 5.99. The lowest BCUT2D eigenvalue weighted by molar-refractivity contribution is 0.768. The summed E-state index contributed by atoms with van der Waals surface area (Å²) in [5.74, 6) is 0.503. The highest BCUT2D eigenvalue weighted by Crippen LogP contribution is 2.34. The second kappa shape index (κ2) is 4.28. The summed E-state index contributed by atoms with van der Waals surface area (Å²) in [5, 5.41) is 11.3. The molecule has 3 aromatic rings. The normalized spacial score (nSPS) is 10.8. The van der Waals surface area contributed by atoms with Crippen LogP contribution < -0.4 is 5.73 Å². The van der Waals surface area contributed by atoms with Crippen LogP contribution in [0.4, 0.5) is 5.82 Å². The molecule has 0 saturated heterocycles. The van der Waals surface area contributed by atoms with Crippen molar-refractivity contribution in [1.29, 1.82) is 0 Å². The summed E-state index contributed by atoms with van der Waals surface area (Å²) in [6.07, 6.45) is 3.73. The van der Waals surface area contributed by atoms with Gasteiger partial charge in [0.25, 0.3) is 0 Å². The lowest BCUT2D eigenvalue weighted by atomic mass is 10.0. The summed E-state index contributed by atoms with van der Waals surface area (Å²) in [7, 11) is 1.88. The second-order valence-corrected chi connectivity index (χ2v) is 4.63.